The Bertz CT molecular complexity index is 228. The SMILES string of the molecule is C(#CC1CNCCO1)CN1CCCC1.Cl.Cl. The number of hydrogen-bond acceptors (Lipinski definition) is 3. The van der Waals surface area contributed by atoms with Crippen molar-refractivity contribution in [1.82, 2.24) is 10.2 Å². The minimum atomic E-state index is 0. The Labute approximate surface area is 110 Å². The summed E-state index contributed by atoms with van der Waals surface area (Å²) in [5.41, 5.74) is 0. The maximum atomic E-state index is 5.49. The third kappa shape index (κ3) is 5.38. The number of ether oxygens (including phenoxy) is 1. The van der Waals surface area contributed by atoms with E-state index in [4.69, 9.17) is 4.74 Å². The van der Waals surface area contributed by atoms with Crippen molar-refractivity contribution in [2.45, 2.75) is 18.9 Å². The van der Waals surface area contributed by atoms with E-state index in [9.17, 15) is 0 Å². The topological polar surface area (TPSA) is 24.5 Å². The van der Waals surface area contributed by atoms with Gasteiger partial charge in [0, 0.05) is 13.1 Å². The largest absolute Gasteiger partial charge is 0.363 e. The quantitative estimate of drug-likeness (QED) is 0.715. The van der Waals surface area contributed by atoms with Gasteiger partial charge in [-0.05, 0) is 25.9 Å². The summed E-state index contributed by atoms with van der Waals surface area (Å²) in [7, 11) is 0. The van der Waals surface area contributed by atoms with Gasteiger partial charge in [0.25, 0.3) is 0 Å². The van der Waals surface area contributed by atoms with Crippen LogP contribution in [0.25, 0.3) is 0 Å². The lowest BCUT2D eigenvalue weighted by Crippen LogP contribution is -2.37. The van der Waals surface area contributed by atoms with E-state index >= 15 is 0 Å². The van der Waals surface area contributed by atoms with Crippen molar-refractivity contribution in [3.8, 4) is 11.8 Å². The van der Waals surface area contributed by atoms with Gasteiger partial charge < -0.3 is 10.1 Å². The van der Waals surface area contributed by atoms with E-state index in [-0.39, 0.29) is 30.9 Å². The van der Waals surface area contributed by atoms with Crippen LogP contribution in [0.15, 0.2) is 0 Å². The third-order valence-electron chi connectivity index (χ3n) is 2.69. The van der Waals surface area contributed by atoms with Crippen LogP contribution in [0.3, 0.4) is 0 Å². The van der Waals surface area contributed by atoms with Crippen molar-refractivity contribution in [1.29, 1.82) is 0 Å². The Balaban J connectivity index is 0.00000112. The van der Waals surface area contributed by atoms with E-state index in [1.54, 1.807) is 0 Å². The molecule has 2 aliphatic heterocycles. The fourth-order valence-corrected chi connectivity index (χ4v) is 1.87. The number of rotatable bonds is 1. The van der Waals surface area contributed by atoms with Crippen molar-refractivity contribution < 1.29 is 4.74 Å². The van der Waals surface area contributed by atoms with E-state index < -0.39 is 0 Å². The molecule has 0 aromatic rings. The Morgan fingerprint density at radius 1 is 1.25 bits per heavy atom. The molecule has 0 aliphatic carbocycles. The minimum Gasteiger partial charge on any atom is -0.363 e. The monoisotopic (exact) mass is 266 g/mol. The molecule has 0 spiro atoms. The van der Waals surface area contributed by atoms with E-state index in [1.807, 2.05) is 0 Å². The first-order chi connectivity index (χ1) is 6.95. The second-order valence-electron chi connectivity index (χ2n) is 3.87. The van der Waals surface area contributed by atoms with Gasteiger partial charge in [-0.1, -0.05) is 11.8 Å². The lowest BCUT2D eigenvalue weighted by atomic mass is 10.3. The molecule has 3 nitrogen and oxygen atoms in total. The molecule has 1 N–H and O–H groups in total. The second-order valence-corrected chi connectivity index (χ2v) is 3.87. The lowest BCUT2D eigenvalue weighted by molar-refractivity contribution is 0.0650. The molecule has 0 radical (unpaired) electrons. The molecule has 2 saturated heterocycles. The van der Waals surface area contributed by atoms with Crippen molar-refractivity contribution >= 4 is 24.8 Å². The van der Waals surface area contributed by atoms with Crippen LogP contribution >= 0.6 is 24.8 Å². The van der Waals surface area contributed by atoms with Crippen LogP contribution in [0.1, 0.15) is 12.8 Å². The normalized spacial score (nSPS) is 24.9. The van der Waals surface area contributed by atoms with Crippen LogP contribution in [0.5, 0.6) is 0 Å². The average molecular weight is 267 g/mol. The highest BCUT2D eigenvalue weighted by molar-refractivity contribution is 5.85. The summed E-state index contributed by atoms with van der Waals surface area (Å²) < 4.78 is 5.49. The van der Waals surface area contributed by atoms with Crippen LogP contribution in [-0.4, -0.2) is 50.3 Å². The van der Waals surface area contributed by atoms with Crippen molar-refractivity contribution in [2.24, 2.45) is 0 Å². The molecule has 0 amide bonds. The molecule has 94 valence electrons. The highest BCUT2D eigenvalue weighted by atomic mass is 35.5. The minimum absolute atomic E-state index is 0. The molecule has 2 fully saturated rings. The second kappa shape index (κ2) is 9.09. The molecular formula is C11H20Cl2N2O. The number of likely N-dealkylation sites (tertiary alicyclic amines) is 1. The summed E-state index contributed by atoms with van der Waals surface area (Å²) >= 11 is 0. The number of halogens is 2. The lowest BCUT2D eigenvalue weighted by Gasteiger charge is -2.18. The Hall–Kier alpha value is 0.0200. The molecule has 2 heterocycles. The Kier molecular flexibility index (Phi) is 9.10. The van der Waals surface area contributed by atoms with Gasteiger partial charge in [-0.25, -0.2) is 0 Å². The smallest absolute Gasteiger partial charge is 0.130 e. The van der Waals surface area contributed by atoms with Crippen LogP contribution in [-0.2, 0) is 4.74 Å². The van der Waals surface area contributed by atoms with Gasteiger partial charge in [0.1, 0.15) is 6.10 Å². The molecule has 0 aromatic carbocycles. The van der Waals surface area contributed by atoms with Gasteiger partial charge >= 0.3 is 0 Å². The molecule has 2 rings (SSSR count). The molecule has 16 heavy (non-hydrogen) atoms. The molecule has 1 unspecified atom stereocenters. The molecule has 2 aliphatic rings. The van der Waals surface area contributed by atoms with E-state index in [2.05, 4.69) is 22.1 Å². The zero-order chi connectivity index (χ0) is 9.64. The van der Waals surface area contributed by atoms with Gasteiger partial charge in [-0.3, -0.25) is 4.90 Å². The van der Waals surface area contributed by atoms with E-state index in [0.717, 1.165) is 26.2 Å². The van der Waals surface area contributed by atoms with Crippen molar-refractivity contribution in [2.75, 3.05) is 39.3 Å². The fourth-order valence-electron chi connectivity index (χ4n) is 1.87. The summed E-state index contributed by atoms with van der Waals surface area (Å²) in [5.74, 6) is 6.38. The van der Waals surface area contributed by atoms with Gasteiger partial charge in [0.2, 0.25) is 0 Å². The first-order valence-electron chi connectivity index (χ1n) is 5.48. The predicted molar refractivity (Wildman–Crippen MR) is 70.6 cm³/mol. The highest BCUT2D eigenvalue weighted by Crippen LogP contribution is 2.05. The summed E-state index contributed by atoms with van der Waals surface area (Å²) in [6.07, 6.45) is 2.79. The van der Waals surface area contributed by atoms with Gasteiger partial charge in [0.05, 0.1) is 13.2 Å². The van der Waals surface area contributed by atoms with Crippen molar-refractivity contribution in [3.63, 3.8) is 0 Å². The van der Waals surface area contributed by atoms with Crippen LogP contribution < -0.4 is 5.32 Å². The fraction of sp³-hybridized carbons (Fsp3) is 0.818. The highest BCUT2D eigenvalue weighted by Gasteiger charge is 2.11. The molecule has 0 saturated carbocycles. The Morgan fingerprint density at radius 3 is 2.62 bits per heavy atom. The third-order valence-corrected chi connectivity index (χ3v) is 2.69. The summed E-state index contributed by atoms with van der Waals surface area (Å²) in [6.45, 7) is 6.00. The Morgan fingerprint density at radius 2 is 2.00 bits per heavy atom. The maximum Gasteiger partial charge on any atom is 0.130 e. The first kappa shape index (κ1) is 16.0. The summed E-state index contributed by atoms with van der Waals surface area (Å²) in [4.78, 5) is 2.41. The first-order valence-corrected chi connectivity index (χ1v) is 5.48. The van der Waals surface area contributed by atoms with Gasteiger partial charge in [-0.2, -0.15) is 0 Å². The average Bonchev–Trinajstić information content (AvgIpc) is 2.72. The van der Waals surface area contributed by atoms with Crippen LogP contribution in [0.4, 0.5) is 0 Å². The molecule has 1 atom stereocenters. The maximum absolute atomic E-state index is 5.49. The number of hydrogen-bond donors (Lipinski definition) is 1. The summed E-state index contributed by atoms with van der Waals surface area (Å²) in [6, 6.07) is 0. The molecule has 0 aromatic heterocycles. The van der Waals surface area contributed by atoms with Crippen molar-refractivity contribution in [3.05, 3.63) is 0 Å². The number of nitrogens with one attached hydrogen (secondary N) is 1. The standard InChI is InChI=1S/C11H18N2O.2ClH/c1-2-7-13(6-1)8-3-4-11-10-12-5-9-14-11;;/h11-12H,1-2,5-10H2;2*1H. The van der Waals surface area contributed by atoms with Gasteiger partial charge in [0.15, 0.2) is 0 Å². The summed E-state index contributed by atoms with van der Waals surface area (Å²) in [5, 5.41) is 3.27. The molecule has 0 bridgehead atoms. The van der Waals surface area contributed by atoms with Crippen LogP contribution in [0, 0.1) is 11.8 Å². The molecular weight excluding hydrogens is 247 g/mol. The van der Waals surface area contributed by atoms with Gasteiger partial charge in [-0.15, -0.1) is 24.8 Å². The molecule has 5 heteroatoms. The number of nitrogens with zero attached hydrogens (tertiary/aromatic N) is 1. The van der Waals surface area contributed by atoms with E-state index in [0.29, 0.717) is 0 Å². The van der Waals surface area contributed by atoms with Crippen LogP contribution in [0.2, 0.25) is 0 Å². The predicted octanol–water partition coefficient (Wildman–Crippen LogP) is 0.918. The zero-order valence-corrected chi connectivity index (χ0v) is 11.0. The van der Waals surface area contributed by atoms with E-state index in [1.165, 1.54) is 25.9 Å². The zero-order valence-electron chi connectivity index (χ0n) is 9.41. The number of morpholine rings is 1.